The molecule has 0 atom stereocenters. The zero-order chi connectivity index (χ0) is 12.5. The Morgan fingerprint density at radius 2 is 1.82 bits per heavy atom. The van der Waals surface area contributed by atoms with Crippen LogP contribution in [0, 0.1) is 6.92 Å². The highest BCUT2D eigenvalue weighted by Crippen LogP contribution is 2.20. The Hall–Kier alpha value is -1.55. The van der Waals surface area contributed by atoms with Crippen LogP contribution in [-0.2, 0) is 16.3 Å². The second-order valence-electron chi connectivity index (χ2n) is 4.04. The van der Waals surface area contributed by atoms with Gasteiger partial charge in [0.05, 0.1) is 4.90 Å². The van der Waals surface area contributed by atoms with Gasteiger partial charge in [-0.25, -0.2) is 8.42 Å². The van der Waals surface area contributed by atoms with Crippen molar-refractivity contribution in [1.82, 2.24) is 4.98 Å². The van der Waals surface area contributed by atoms with Gasteiger partial charge in [0.1, 0.15) is 5.03 Å². The van der Waals surface area contributed by atoms with Gasteiger partial charge < -0.3 is 4.98 Å². The third-order valence-electron chi connectivity index (χ3n) is 2.75. The normalized spacial score (nSPS) is 11.6. The maximum atomic E-state index is 12.2. The van der Waals surface area contributed by atoms with Crippen LogP contribution in [0.1, 0.15) is 18.1 Å². The third-order valence-corrected chi connectivity index (χ3v) is 4.45. The first-order chi connectivity index (χ1) is 8.04. The van der Waals surface area contributed by atoms with Crippen molar-refractivity contribution >= 4 is 9.84 Å². The van der Waals surface area contributed by atoms with E-state index in [9.17, 15) is 8.42 Å². The van der Waals surface area contributed by atoms with E-state index in [0.717, 1.165) is 17.5 Å². The topological polar surface area (TPSA) is 49.9 Å². The van der Waals surface area contributed by atoms with Crippen LogP contribution in [0.4, 0.5) is 0 Å². The maximum Gasteiger partial charge on any atom is 0.221 e. The summed E-state index contributed by atoms with van der Waals surface area (Å²) in [6, 6.07) is 8.57. The number of sulfone groups is 1. The Balaban J connectivity index is 2.46. The third kappa shape index (κ3) is 2.26. The van der Waals surface area contributed by atoms with E-state index < -0.39 is 9.84 Å². The van der Waals surface area contributed by atoms with Crippen LogP contribution in [0.5, 0.6) is 0 Å². The fourth-order valence-corrected chi connectivity index (χ4v) is 2.89. The molecule has 0 saturated carbocycles. The van der Waals surface area contributed by atoms with Gasteiger partial charge in [0.15, 0.2) is 0 Å². The molecule has 17 heavy (non-hydrogen) atoms. The SMILES string of the molecule is CCc1c[nH]c(S(=O)(=O)c2ccc(C)cc2)c1. The monoisotopic (exact) mass is 249 g/mol. The lowest BCUT2D eigenvalue weighted by Crippen LogP contribution is -2.02. The molecule has 0 amide bonds. The Kier molecular flexibility index (Phi) is 3.07. The van der Waals surface area contributed by atoms with Crippen LogP contribution in [0.3, 0.4) is 0 Å². The largest absolute Gasteiger partial charge is 0.352 e. The summed E-state index contributed by atoms with van der Waals surface area (Å²) < 4.78 is 24.5. The lowest BCUT2D eigenvalue weighted by atomic mass is 10.2. The van der Waals surface area contributed by atoms with Gasteiger partial charge in [-0.1, -0.05) is 24.6 Å². The van der Waals surface area contributed by atoms with Crippen LogP contribution >= 0.6 is 0 Å². The van der Waals surface area contributed by atoms with Crippen molar-refractivity contribution in [2.75, 3.05) is 0 Å². The van der Waals surface area contributed by atoms with Crippen molar-refractivity contribution in [3.8, 4) is 0 Å². The number of aromatic amines is 1. The number of rotatable bonds is 3. The van der Waals surface area contributed by atoms with Gasteiger partial charge in [0.25, 0.3) is 0 Å². The predicted octanol–water partition coefficient (Wildman–Crippen LogP) is 2.72. The molecule has 0 aliphatic carbocycles. The van der Waals surface area contributed by atoms with Gasteiger partial charge in [-0.05, 0) is 37.1 Å². The summed E-state index contributed by atoms with van der Waals surface area (Å²) in [5, 5.41) is 0.262. The molecule has 1 aromatic carbocycles. The molecule has 0 saturated heterocycles. The molecule has 1 N–H and O–H groups in total. The summed E-state index contributed by atoms with van der Waals surface area (Å²) in [6.45, 7) is 3.92. The van der Waals surface area contributed by atoms with Gasteiger partial charge in [-0.2, -0.15) is 0 Å². The van der Waals surface area contributed by atoms with Crippen LogP contribution in [0.2, 0.25) is 0 Å². The summed E-state index contributed by atoms with van der Waals surface area (Å²) in [5.41, 5.74) is 2.04. The van der Waals surface area contributed by atoms with Gasteiger partial charge in [0.2, 0.25) is 9.84 Å². The minimum absolute atomic E-state index is 0.262. The van der Waals surface area contributed by atoms with Crippen molar-refractivity contribution in [3.63, 3.8) is 0 Å². The van der Waals surface area contributed by atoms with Crippen LogP contribution in [0.25, 0.3) is 0 Å². The molecule has 1 aromatic heterocycles. The van der Waals surface area contributed by atoms with Gasteiger partial charge >= 0.3 is 0 Å². The Morgan fingerprint density at radius 1 is 1.18 bits per heavy atom. The Bertz CT molecular complexity index is 609. The molecule has 0 aliphatic heterocycles. The molecule has 0 fully saturated rings. The van der Waals surface area contributed by atoms with Gasteiger partial charge in [-0.3, -0.25) is 0 Å². The molecule has 3 nitrogen and oxygen atoms in total. The van der Waals surface area contributed by atoms with E-state index in [0.29, 0.717) is 4.90 Å². The van der Waals surface area contributed by atoms with E-state index >= 15 is 0 Å². The molecule has 0 radical (unpaired) electrons. The quantitative estimate of drug-likeness (QED) is 0.909. The molecule has 0 aliphatic rings. The standard InChI is InChI=1S/C13H15NO2S/c1-3-11-8-13(14-9-11)17(15,16)12-6-4-10(2)5-7-12/h4-9,14H,3H2,1-2H3. The van der Waals surface area contributed by atoms with E-state index in [4.69, 9.17) is 0 Å². The van der Waals surface area contributed by atoms with Crippen LogP contribution < -0.4 is 0 Å². The minimum Gasteiger partial charge on any atom is -0.352 e. The fraction of sp³-hybridized carbons (Fsp3) is 0.231. The van der Waals surface area contributed by atoms with E-state index in [1.54, 1.807) is 36.5 Å². The summed E-state index contributed by atoms with van der Waals surface area (Å²) in [7, 11) is -3.40. The summed E-state index contributed by atoms with van der Waals surface area (Å²) in [5.74, 6) is 0. The molecule has 0 spiro atoms. The minimum atomic E-state index is -3.40. The summed E-state index contributed by atoms with van der Waals surface area (Å²) in [4.78, 5) is 3.15. The molecular formula is C13H15NO2S. The van der Waals surface area contributed by atoms with Crippen molar-refractivity contribution in [2.45, 2.75) is 30.2 Å². The van der Waals surface area contributed by atoms with Gasteiger partial charge in [-0.15, -0.1) is 0 Å². The van der Waals surface area contributed by atoms with E-state index in [1.165, 1.54) is 0 Å². The van der Waals surface area contributed by atoms with E-state index in [-0.39, 0.29) is 5.03 Å². The zero-order valence-electron chi connectivity index (χ0n) is 9.90. The molecule has 2 rings (SSSR count). The zero-order valence-corrected chi connectivity index (χ0v) is 10.7. The van der Waals surface area contributed by atoms with E-state index in [1.807, 2.05) is 13.8 Å². The number of hydrogen-bond donors (Lipinski definition) is 1. The average Bonchev–Trinajstić information content (AvgIpc) is 2.78. The van der Waals surface area contributed by atoms with Crippen molar-refractivity contribution in [3.05, 3.63) is 47.7 Å². The first kappa shape index (κ1) is 11.9. The number of benzene rings is 1. The molecular weight excluding hydrogens is 234 g/mol. The Labute approximate surface area is 101 Å². The summed E-state index contributed by atoms with van der Waals surface area (Å²) >= 11 is 0. The predicted molar refractivity (Wildman–Crippen MR) is 66.8 cm³/mol. The number of nitrogens with one attached hydrogen (secondary N) is 1. The second kappa shape index (κ2) is 4.37. The highest BCUT2D eigenvalue weighted by atomic mass is 32.2. The number of aromatic nitrogens is 1. The second-order valence-corrected chi connectivity index (χ2v) is 5.96. The molecule has 2 aromatic rings. The molecule has 4 heteroatoms. The summed E-state index contributed by atoms with van der Waals surface area (Å²) in [6.07, 6.45) is 2.56. The highest BCUT2D eigenvalue weighted by molar-refractivity contribution is 7.91. The molecule has 1 heterocycles. The fourth-order valence-electron chi connectivity index (χ4n) is 1.62. The van der Waals surface area contributed by atoms with Crippen molar-refractivity contribution in [1.29, 1.82) is 0 Å². The van der Waals surface area contributed by atoms with Gasteiger partial charge in [0, 0.05) is 6.20 Å². The molecule has 0 unspecified atom stereocenters. The first-order valence-corrected chi connectivity index (χ1v) is 7.01. The number of hydrogen-bond acceptors (Lipinski definition) is 2. The van der Waals surface area contributed by atoms with Crippen molar-refractivity contribution < 1.29 is 8.42 Å². The first-order valence-electron chi connectivity index (χ1n) is 5.53. The van der Waals surface area contributed by atoms with E-state index in [2.05, 4.69) is 4.98 Å². The maximum absolute atomic E-state index is 12.2. The Morgan fingerprint density at radius 3 is 2.35 bits per heavy atom. The smallest absolute Gasteiger partial charge is 0.221 e. The van der Waals surface area contributed by atoms with Crippen LogP contribution in [0.15, 0.2) is 46.5 Å². The lowest BCUT2D eigenvalue weighted by molar-refractivity contribution is 0.593. The highest BCUT2D eigenvalue weighted by Gasteiger charge is 2.18. The number of H-pyrrole nitrogens is 1. The van der Waals surface area contributed by atoms with Crippen LogP contribution in [-0.4, -0.2) is 13.4 Å². The molecule has 90 valence electrons. The van der Waals surface area contributed by atoms with Crippen molar-refractivity contribution in [2.24, 2.45) is 0 Å². The number of aryl methyl sites for hydroxylation is 2. The molecule has 0 bridgehead atoms. The average molecular weight is 249 g/mol. The lowest BCUT2D eigenvalue weighted by Gasteiger charge is -2.02.